The van der Waals surface area contributed by atoms with Crippen molar-refractivity contribution in [3.05, 3.63) is 24.1 Å². The van der Waals surface area contributed by atoms with Gasteiger partial charge in [0.05, 0.1) is 20.8 Å². The number of rotatable bonds is 7. The summed E-state index contributed by atoms with van der Waals surface area (Å²) in [6.45, 7) is 3.37. The minimum absolute atomic E-state index is 0.0244. The summed E-state index contributed by atoms with van der Waals surface area (Å²) in [6, 6.07) is 5.48. The Morgan fingerprint density at radius 1 is 1.03 bits per heavy atom. The average Bonchev–Trinajstić information content (AvgIpc) is 3.32. The van der Waals surface area contributed by atoms with Crippen molar-refractivity contribution in [2.45, 2.75) is 32.2 Å². The maximum Gasteiger partial charge on any atom is 0.241 e. The number of nitrogens with two attached hydrogens (primary N) is 1. The van der Waals surface area contributed by atoms with E-state index in [0.717, 1.165) is 31.5 Å². The van der Waals surface area contributed by atoms with Crippen LogP contribution in [-0.2, 0) is 16.1 Å². The number of methoxy groups -OCH3 is 2. The zero-order valence-corrected chi connectivity index (χ0v) is 19.2. The summed E-state index contributed by atoms with van der Waals surface area (Å²) in [5.41, 5.74) is 6.18. The molecule has 0 atom stereocenters. The number of aromatic nitrogens is 2. The minimum atomic E-state index is -0.259. The van der Waals surface area contributed by atoms with Gasteiger partial charge in [0.15, 0.2) is 11.5 Å². The second kappa shape index (κ2) is 10.2. The molecule has 0 bridgehead atoms. The molecule has 4 rings (SSSR count). The lowest BCUT2D eigenvalue weighted by Gasteiger charge is -2.36. The van der Waals surface area contributed by atoms with Crippen LogP contribution in [0, 0.1) is 11.8 Å². The van der Waals surface area contributed by atoms with Crippen LogP contribution < -0.4 is 15.2 Å². The van der Waals surface area contributed by atoms with Crippen LogP contribution in [-0.4, -0.2) is 72.2 Å². The number of hydrogen-bond acceptors (Lipinski definition) is 8. The Morgan fingerprint density at radius 2 is 1.70 bits per heavy atom. The summed E-state index contributed by atoms with van der Waals surface area (Å²) < 4.78 is 16.1. The topological polar surface area (TPSA) is 124 Å². The number of carbonyl (C=O) groups is 2. The predicted molar refractivity (Wildman–Crippen MR) is 119 cm³/mol. The molecule has 1 aromatic carbocycles. The summed E-state index contributed by atoms with van der Waals surface area (Å²) in [4.78, 5) is 32.9. The van der Waals surface area contributed by atoms with Gasteiger partial charge in [-0.1, -0.05) is 5.16 Å². The molecule has 0 spiro atoms. The molecule has 0 saturated carbocycles. The van der Waals surface area contributed by atoms with E-state index in [4.69, 9.17) is 19.7 Å². The van der Waals surface area contributed by atoms with Crippen LogP contribution in [0.25, 0.3) is 11.4 Å². The number of carbonyl (C=O) groups excluding carboxylic acids is 2. The Hall–Kier alpha value is -3.14. The number of hydrogen-bond donors (Lipinski definition) is 1. The molecular weight excluding hydrogens is 426 g/mol. The zero-order chi connectivity index (χ0) is 23.4. The summed E-state index contributed by atoms with van der Waals surface area (Å²) in [6.07, 6.45) is 2.93. The number of amides is 2. The number of primary amides is 1. The van der Waals surface area contributed by atoms with Crippen molar-refractivity contribution in [3.63, 3.8) is 0 Å². The van der Waals surface area contributed by atoms with Crippen molar-refractivity contribution in [1.82, 2.24) is 19.9 Å². The molecular formula is C23H31N5O5. The maximum atomic E-state index is 12.9. The molecule has 2 fully saturated rings. The van der Waals surface area contributed by atoms with Gasteiger partial charge in [-0.3, -0.25) is 14.5 Å². The van der Waals surface area contributed by atoms with Gasteiger partial charge in [0.1, 0.15) is 0 Å². The van der Waals surface area contributed by atoms with Gasteiger partial charge >= 0.3 is 0 Å². The van der Waals surface area contributed by atoms with Gasteiger partial charge in [-0.15, -0.1) is 0 Å². The lowest BCUT2D eigenvalue weighted by atomic mass is 9.92. The van der Waals surface area contributed by atoms with E-state index in [1.165, 1.54) is 0 Å². The van der Waals surface area contributed by atoms with Crippen LogP contribution in [0.5, 0.6) is 11.5 Å². The molecule has 1 aromatic heterocycles. The molecule has 0 aliphatic carbocycles. The van der Waals surface area contributed by atoms with Gasteiger partial charge < -0.3 is 24.6 Å². The Labute approximate surface area is 193 Å². The molecule has 10 nitrogen and oxygen atoms in total. The van der Waals surface area contributed by atoms with Crippen LogP contribution >= 0.6 is 0 Å². The van der Waals surface area contributed by atoms with E-state index in [2.05, 4.69) is 15.0 Å². The maximum absolute atomic E-state index is 12.9. The lowest BCUT2D eigenvalue weighted by molar-refractivity contribution is -0.140. The molecule has 0 radical (unpaired) electrons. The van der Waals surface area contributed by atoms with Crippen molar-refractivity contribution in [2.24, 2.45) is 17.6 Å². The average molecular weight is 458 g/mol. The molecule has 3 heterocycles. The third kappa shape index (κ3) is 5.27. The van der Waals surface area contributed by atoms with Crippen molar-refractivity contribution >= 4 is 11.8 Å². The molecule has 2 amide bonds. The fourth-order valence-electron chi connectivity index (χ4n) is 4.58. The highest BCUT2D eigenvalue weighted by Gasteiger charge is 2.32. The highest BCUT2D eigenvalue weighted by molar-refractivity contribution is 5.80. The van der Waals surface area contributed by atoms with Crippen molar-refractivity contribution in [1.29, 1.82) is 0 Å². The standard InChI is InChI=1S/C23H31N5O5/c1-31-18-4-3-17(13-19(18)32-2)22-25-20(33-26-22)14-27-9-5-16(6-10-27)23(30)28-11-7-15(8-12-28)21(24)29/h3-4,13,15-16H,5-12,14H2,1-2H3,(H2,24,29). The third-order valence-corrected chi connectivity index (χ3v) is 6.61. The van der Waals surface area contributed by atoms with Gasteiger partial charge in [0.25, 0.3) is 0 Å². The van der Waals surface area contributed by atoms with Crippen LogP contribution in [0.15, 0.2) is 22.7 Å². The monoisotopic (exact) mass is 457 g/mol. The highest BCUT2D eigenvalue weighted by Crippen LogP contribution is 2.31. The van der Waals surface area contributed by atoms with Crippen molar-refractivity contribution in [2.75, 3.05) is 40.4 Å². The summed E-state index contributed by atoms with van der Waals surface area (Å²) in [7, 11) is 3.17. The van der Waals surface area contributed by atoms with Gasteiger partial charge in [-0.05, 0) is 57.0 Å². The van der Waals surface area contributed by atoms with E-state index in [9.17, 15) is 9.59 Å². The van der Waals surface area contributed by atoms with Crippen molar-refractivity contribution in [3.8, 4) is 22.9 Å². The molecule has 178 valence electrons. The Kier molecular flexibility index (Phi) is 7.12. The summed E-state index contributed by atoms with van der Waals surface area (Å²) >= 11 is 0. The summed E-state index contributed by atoms with van der Waals surface area (Å²) in [5, 5.41) is 4.10. The zero-order valence-electron chi connectivity index (χ0n) is 19.2. The van der Waals surface area contributed by atoms with E-state index in [0.29, 0.717) is 55.7 Å². The first-order valence-electron chi connectivity index (χ1n) is 11.3. The highest BCUT2D eigenvalue weighted by atomic mass is 16.5. The molecule has 2 N–H and O–H groups in total. The quantitative estimate of drug-likeness (QED) is 0.666. The fraction of sp³-hybridized carbons (Fsp3) is 0.565. The number of nitrogens with zero attached hydrogens (tertiary/aromatic N) is 4. The molecule has 2 saturated heterocycles. The van der Waals surface area contributed by atoms with Crippen LogP contribution in [0.3, 0.4) is 0 Å². The van der Waals surface area contributed by atoms with Gasteiger partial charge in [-0.2, -0.15) is 4.98 Å². The number of piperidine rings is 2. The molecule has 2 aliphatic rings. The number of benzene rings is 1. The van der Waals surface area contributed by atoms with Gasteiger partial charge in [0, 0.05) is 30.5 Å². The Balaban J connectivity index is 1.28. The number of ether oxygens (including phenoxy) is 2. The van der Waals surface area contributed by atoms with E-state index in [-0.39, 0.29) is 23.7 Å². The normalized spacial score (nSPS) is 18.3. The second-order valence-corrected chi connectivity index (χ2v) is 8.63. The lowest BCUT2D eigenvalue weighted by Crippen LogP contribution is -2.46. The first kappa shape index (κ1) is 23.0. The molecule has 2 aliphatic heterocycles. The van der Waals surface area contributed by atoms with E-state index in [1.54, 1.807) is 14.2 Å². The van der Waals surface area contributed by atoms with Crippen LogP contribution in [0.2, 0.25) is 0 Å². The summed E-state index contributed by atoms with van der Waals surface area (Å²) in [5.74, 6) is 2.14. The van der Waals surface area contributed by atoms with Crippen LogP contribution in [0.1, 0.15) is 31.6 Å². The van der Waals surface area contributed by atoms with E-state index < -0.39 is 0 Å². The van der Waals surface area contributed by atoms with Crippen LogP contribution in [0.4, 0.5) is 0 Å². The largest absolute Gasteiger partial charge is 0.493 e. The van der Waals surface area contributed by atoms with E-state index >= 15 is 0 Å². The second-order valence-electron chi connectivity index (χ2n) is 8.63. The van der Waals surface area contributed by atoms with E-state index in [1.807, 2.05) is 23.1 Å². The Morgan fingerprint density at radius 3 is 2.33 bits per heavy atom. The molecule has 2 aromatic rings. The first-order valence-corrected chi connectivity index (χ1v) is 11.3. The smallest absolute Gasteiger partial charge is 0.241 e. The predicted octanol–water partition coefficient (Wildman–Crippen LogP) is 1.69. The molecule has 33 heavy (non-hydrogen) atoms. The Bertz CT molecular complexity index is 977. The van der Waals surface area contributed by atoms with Crippen molar-refractivity contribution < 1.29 is 23.6 Å². The minimum Gasteiger partial charge on any atom is -0.493 e. The SMILES string of the molecule is COc1ccc(-c2noc(CN3CCC(C(=O)N4CCC(C(N)=O)CC4)CC3)n2)cc1OC. The van der Waals surface area contributed by atoms with Gasteiger partial charge in [-0.25, -0.2) is 0 Å². The van der Waals surface area contributed by atoms with Gasteiger partial charge in [0.2, 0.25) is 23.5 Å². The third-order valence-electron chi connectivity index (χ3n) is 6.61. The fourth-order valence-corrected chi connectivity index (χ4v) is 4.58. The molecule has 10 heteroatoms. The first-order chi connectivity index (χ1) is 16.0. The number of likely N-dealkylation sites (tertiary alicyclic amines) is 2. The molecule has 0 unspecified atom stereocenters.